The third-order valence-electron chi connectivity index (χ3n) is 4.80. The van der Waals surface area contributed by atoms with E-state index in [0.29, 0.717) is 5.75 Å². The van der Waals surface area contributed by atoms with Crippen molar-refractivity contribution in [3.8, 4) is 17.0 Å². The third-order valence-corrected chi connectivity index (χ3v) is 4.80. The fourth-order valence-electron chi connectivity index (χ4n) is 3.55. The fraction of sp³-hybridized carbons (Fsp3) is 0.130. The van der Waals surface area contributed by atoms with E-state index in [1.165, 1.54) is 38.9 Å². The minimum absolute atomic E-state index is 0.302. The number of phenolic OH excluding ortho intramolecular Hbond substituents is 1. The van der Waals surface area contributed by atoms with E-state index in [-0.39, 0.29) is 0 Å². The Bertz CT molecular complexity index is 1030. The Labute approximate surface area is 148 Å². The van der Waals surface area contributed by atoms with Crippen molar-refractivity contribution in [3.05, 3.63) is 89.5 Å². The molecule has 0 bridgehead atoms. The van der Waals surface area contributed by atoms with Crippen LogP contribution in [0.2, 0.25) is 0 Å². The lowest BCUT2D eigenvalue weighted by Gasteiger charge is -2.12. The van der Waals surface area contributed by atoms with Crippen LogP contribution in [0.1, 0.15) is 16.7 Å². The Hall–Kier alpha value is -3.00. The van der Waals surface area contributed by atoms with Crippen molar-refractivity contribution in [1.82, 2.24) is 4.57 Å². The molecule has 0 aliphatic carbocycles. The number of hydrogen-bond donors (Lipinski definition) is 1. The standard InChI is InChI=1S/C23H21NO/c1-16-8-13-22-21(14-16)17(2)23(19-6-4-3-5-7-19)24(22)15-18-9-11-20(25)12-10-18/h3-14,25H,15H2,1-2H3. The number of aryl methyl sites for hydroxylation is 2. The number of phenols is 1. The summed E-state index contributed by atoms with van der Waals surface area (Å²) in [6.45, 7) is 5.12. The smallest absolute Gasteiger partial charge is 0.115 e. The fourth-order valence-corrected chi connectivity index (χ4v) is 3.55. The van der Waals surface area contributed by atoms with Crippen LogP contribution in [0.3, 0.4) is 0 Å². The largest absolute Gasteiger partial charge is 0.508 e. The first-order valence-electron chi connectivity index (χ1n) is 8.56. The molecular weight excluding hydrogens is 306 g/mol. The second-order valence-corrected chi connectivity index (χ2v) is 6.61. The normalized spacial score (nSPS) is 11.1. The molecule has 0 atom stereocenters. The molecule has 1 N–H and O–H groups in total. The van der Waals surface area contributed by atoms with E-state index in [4.69, 9.17) is 0 Å². The Morgan fingerprint density at radius 3 is 2.28 bits per heavy atom. The van der Waals surface area contributed by atoms with Crippen LogP contribution in [0.4, 0.5) is 0 Å². The van der Waals surface area contributed by atoms with Crippen LogP contribution in [-0.4, -0.2) is 9.67 Å². The molecular formula is C23H21NO. The Balaban J connectivity index is 1.95. The van der Waals surface area contributed by atoms with Gasteiger partial charge in [0, 0.05) is 17.4 Å². The van der Waals surface area contributed by atoms with Crippen LogP contribution in [0.25, 0.3) is 22.2 Å². The summed E-state index contributed by atoms with van der Waals surface area (Å²) >= 11 is 0. The molecule has 0 radical (unpaired) electrons. The van der Waals surface area contributed by atoms with E-state index in [0.717, 1.165) is 6.54 Å². The number of fused-ring (bicyclic) bond motifs is 1. The number of rotatable bonds is 3. The SMILES string of the molecule is Cc1ccc2c(c1)c(C)c(-c1ccccc1)n2Cc1ccc(O)cc1. The van der Waals surface area contributed by atoms with Gasteiger partial charge in [0.25, 0.3) is 0 Å². The third kappa shape index (κ3) is 2.80. The van der Waals surface area contributed by atoms with Gasteiger partial charge in [0.1, 0.15) is 5.75 Å². The second kappa shape index (κ2) is 6.14. The van der Waals surface area contributed by atoms with Gasteiger partial charge in [-0.3, -0.25) is 0 Å². The molecule has 25 heavy (non-hydrogen) atoms. The lowest BCUT2D eigenvalue weighted by molar-refractivity contribution is 0.475. The molecule has 4 aromatic rings. The van der Waals surface area contributed by atoms with Crippen molar-refractivity contribution in [2.24, 2.45) is 0 Å². The molecule has 0 spiro atoms. The average molecular weight is 327 g/mol. The first-order valence-corrected chi connectivity index (χ1v) is 8.56. The lowest BCUT2D eigenvalue weighted by Crippen LogP contribution is -2.02. The summed E-state index contributed by atoms with van der Waals surface area (Å²) < 4.78 is 2.38. The predicted octanol–water partition coefficient (Wildman–Crippen LogP) is 5.68. The first kappa shape index (κ1) is 15.5. The summed E-state index contributed by atoms with van der Waals surface area (Å²) in [5.74, 6) is 0.302. The lowest BCUT2D eigenvalue weighted by atomic mass is 10.1. The van der Waals surface area contributed by atoms with Crippen LogP contribution in [0.15, 0.2) is 72.8 Å². The molecule has 2 heteroatoms. The van der Waals surface area contributed by atoms with Crippen molar-refractivity contribution in [3.63, 3.8) is 0 Å². The van der Waals surface area contributed by atoms with E-state index < -0.39 is 0 Å². The van der Waals surface area contributed by atoms with Crippen molar-refractivity contribution >= 4 is 10.9 Å². The van der Waals surface area contributed by atoms with E-state index in [1.807, 2.05) is 12.1 Å². The van der Waals surface area contributed by atoms with Crippen LogP contribution < -0.4 is 0 Å². The van der Waals surface area contributed by atoms with Crippen LogP contribution in [0.5, 0.6) is 5.75 Å². The van der Waals surface area contributed by atoms with Gasteiger partial charge < -0.3 is 9.67 Å². The number of aromatic hydroxyl groups is 1. The van der Waals surface area contributed by atoms with Crippen molar-refractivity contribution in [1.29, 1.82) is 0 Å². The van der Waals surface area contributed by atoms with Gasteiger partial charge in [0.2, 0.25) is 0 Å². The molecule has 4 rings (SSSR count). The summed E-state index contributed by atoms with van der Waals surface area (Å²) in [5, 5.41) is 10.9. The molecule has 124 valence electrons. The Morgan fingerprint density at radius 2 is 1.56 bits per heavy atom. The molecule has 1 aromatic heterocycles. The number of aromatic nitrogens is 1. The van der Waals surface area contributed by atoms with E-state index in [1.54, 1.807) is 12.1 Å². The minimum atomic E-state index is 0.302. The predicted molar refractivity (Wildman–Crippen MR) is 104 cm³/mol. The quantitative estimate of drug-likeness (QED) is 0.514. The van der Waals surface area contributed by atoms with E-state index >= 15 is 0 Å². The van der Waals surface area contributed by atoms with Gasteiger partial charge in [0.15, 0.2) is 0 Å². The molecule has 0 saturated heterocycles. The number of benzene rings is 3. The van der Waals surface area contributed by atoms with E-state index in [9.17, 15) is 5.11 Å². The minimum Gasteiger partial charge on any atom is -0.508 e. The average Bonchev–Trinajstić information content (AvgIpc) is 2.89. The molecule has 1 heterocycles. The van der Waals surface area contributed by atoms with Gasteiger partial charge >= 0.3 is 0 Å². The first-order chi connectivity index (χ1) is 12.1. The van der Waals surface area contributed by atoms with Gasteiger partial charge in [-0.15, -0.1) is 0 Å². The highest BCUT2D eigenvalue weighted by atomic mass is 16.3. The van der Waals surface area contributed by atoms with Gasteiger partial charge in [0.05, 0.1) is 5.69 Å². The topological polar surface area (TPSA) is 25.2 Å². The molecule has 0 unspecified atom stereocenters. The van der Waals surface area contributed by atoms with Crippen molar-refractivity contribution < 1.29 is 5.11 Å². The maximum absolute atomic E-state index is 9.55. The van der Waals surface area contributed by atoms with Crippen LogP contribution >= 0.6 is 0 Å². The van der Waals surface area contributed by atoms with Crippen LogP contribution in [-0.2, 0) is 6.54 Å². The highest BCUT2D eigenvalue weighted by Gasteiger charge is 2.16. The van der Waals surface area contributed by atoms with Crippen molar-refractivity contribution in [2.45, 2.75) is 20.4 Å². The summed E-state index contributed by atoms with van der Waals surface area (Å²) in [6, 6.07) is 24.7. The summed E-state index contributed by atoms with van der Waals surface area (Å²) in [4.78, 5) is 0. The molecule has 0 saturated carbocycles. The monoisotopic (exact) mass is 327 g/mol. The molecule has 0 fully saturated rings. The summed E-state index contributed by atoms with van der Waals surface area (Å²) in [6.07, 6.45) is 0. The zero-order valence-electron chi connectivity index (χ0n) is 14.5. The van der Waals surface area contributed by atoms with Gasteiger partial charge in [-0.2, -0.15) is 0 Å². The second-order valence-electron chi connectivity index (χ2n) is 6.61. The number of hydrogen-bond acceptors (Lipinski definition) is 1. The maximum atomic E-state index is 9.55. The maximum Gasteiger partial charge on any atom is 0.115 e. The van der Waals surface area contributed by atoms with Gasteiger partial charge in [-0.1, -0.05) is 54.1 Å². The Morgan fingerprint density at radius 1 is 0.840 bits per heavy atom. The number of nitrogens with zero attached hydrogens (tertiary/aromatic N) is 1. The molecule has 0 amide bonds. The highest BCUT2D eigenvalue weighted by Crippen LogP contribution is 2.34. The molecule has 0 aliphatic rings. The molecule has 0 aliphatic heterocycles. The van der Waals surface area contributed by atoms with Crippen LogP contribution in [0, 0.1) is 13.8 Å². The Kier molecular flexibility index (Phi) is 3.81. The van der Waals surface area contributed by atoms with E-state index in [2.05, 4.69) is 66.9 Å². The summed E-state index contributed by atoms with van der Waals surface area (Å²) in [7, 11) is 0. The highest BCUT2D eigenvalue weighted by molar-refractivity contribution is 5.92. The molecule has 3 aromatic carbocycles. The molecule has 2 nitrogen and oxygen atoms in total. The zero-order valence-corrected chi connectivity index (χ0v) is 14.5. The summed E-state index contributed by atoms with van der Waals surface area (Å²) in [5.41, 5.74) is 7.49. The zero-order chi connectivity index (χ0) is 17.4. The van der Waals surface area contributed by atoms with Gasteiger partial charge in [-0.25, -0.2) is 0 Å². The van der Waals surface area contributed by atoms with Gasteiger partial charge in [-0.05, 0) is 54.8 Å². The van der Waals surface area contributed by atoms with Crippen molar-refractivity contribution in [2.75, 3.05) is 0 Å².